The highest BCUT2D eigenvalue weighted by molar-refractivity contribution is 6.02. The van der Waals surface area contributed by atoms with Gasteiger partial charge in [-0.1, -0.05) is 121 Å². The van der Waals surface area contributed by atoms with Crippen LogP contribution in [0.5, 0.6) is 0 Å². The standard InChI is InChI=1S/C30H23NO3/c32-27(22-21-23-13-5-1-6-14-23)31-28(24-15-7-2-8-16-24)30(34-29(31)33,25-17-9-3-10-18-25)26-19-11-4-12-20-26/h1-22,28H/b22-21+. The van der Waals surface area contributed by atoms with E-state index in [9.17, 15) is 9.59 Å². The average Bonchev–Trinajstić information content (AvgIpc) is 3.23. The van der Waals surface area contributed by atoms with Crippen molar-refractivity contribution in [2.45, 2.75) is 11.6 Å². The fourth-order valence-electron chi connectivity index (χ4n) is 4.55. The summed E-state index contributed by atoms with van der Waals surface area (Å²) in [5, 5.41) is 0. The molecule has 0 bridgehead atoms. The van der Waals surface area contributed by atoms with E-state index >= 15 is 0 Å². The number of carbonyl (C=O) groups excluding carboxylic acids is 2. The molecule has 166 valence electrons. The maximum Gasteiger partial charge on any atom is 0.418 e. The number of ether oxygens (including phenoxy) is 1. The maximum absolute atomic E-state index is 13.5. The Morgan fingerprint density at radius 2 is 1.18 bits per heavy atom. The van der Waals surface area contributed by atoms with Crippen molar-refractivity contribution in [2.24, 2.45) is 0 Å². The molecule has 0 aromatic heterocycles. The SMILES string of the molecule is O=C(/C=C/c1ccccc1)N1C(=O)OC(c2ccccc2)(c2ccccc2)C1c1ccccc1. The van der Waals surface area contributed by atoms with Crippen molar-refractivity contribution in [3.8, 4) is 0 Å². The number of benzene rings is 4. The molecule has 0 saturated carbocycles. The Hall–Kier alpha value is -4.44. The zero-order valence-electron chi connectivity index (χ0n) is 18.5. The van der Waals surface area contributed by atoms with Crippen LogP contribution >= 0.6 is 0 Å². The fraction of sp³-hybridized carbons (Fsp3) is 0.0667. The molecule has 1 aliphatic heterocycles. The van der Waals surface area contributed by atoms with Crippen molar-refractivity contribution in [3.05, 3.63) is 150 Å². The lowest BCUT2D eigenvalue weighted by molar-refractivity contribution is -0.124. The van der Waals surface area contributed by atoms with E-state index in [2.05, 4.69) is 0 Å². The largest absolute Gasteiger partial charge is 0.430 e. The van der Waals surface area contributed by atoms with Crippen LogP contribution in [0.2, 0.25) is 0 Å². The minimum atomic E-state index is -1.20. The third-order valence-corrected chi connectivity index (χ3v) is 6.06. The van der Waals surface area contributed by atoms with Gasteiger partial charge in [-0.2, -0.15) is 0 Å². The van der Waals surface area contributed by atoms with E-state index in [1.165, 1.54) is 11.0 Å². The van der Waals surface area contributed by atoms with Crippen LogP contribution in [0.3, 0.4) is 0 Å². The van der Waals surface area contributed by atoms with E-state index in [4.69, 9.17) is 4.74 Å². The van der Waals surface area contributed by atoms with Gasteiger partial charge in [-0.15, -0.1) is 0 Å². The third kappa shape index (κ3) is 3.80. The van der Waals surface area contributed by atoms with E-state index in [-0.39, 0.29) is 0 Å². The molecular weight excluding hydrogens is 422 g/mol. The molecule has 0 radical (unpaired) electrons. The number of nitrogens with zero attached hydrogens (tertiary/aromatic N) is 1. The quantitative estimate of drug-likeness (QED) is 0.336. The molecule has 34 heavy (non-hydrogen) atoms. The van der Waals surface area contributed by atoms with Crippen LogP contribution in [0, 0.1) is 0 Å². The molecule has 4 heteroatoms. The van der Waals surface area contributed by atoms with Crippen molar-refractivity contribution >= 4 is 18.1 Å². The van der Waals surface area contributed by atoms with Crippen LogP contribution in [0.4, 0.5) is 4.79 Å². The monoisotopic (exact) mass is 445 g/mol. The van der Waals surface area contributed by atoms with E-state index in [0.29, 0.717) is 0 Å². The van der Waals surface area contributed by atoms with Crippen molar-refractivity contribution in [1.82, 2.24) is 4.90 Å². The lowest BCUT2D eigenvalue weighted by Gasteiger charge is -2.35. The number of rotatable bonds is 5. The molecule has 1 unspecified atom stereocenters. The summed E-state index contributed by atoms with van der Waals surface area (Å²) in [4.78, 5) is 28.2. The zero-order valence-corrected chi connectivity index (χ0v) is 18.5. The summed E-state index contributed by atoms with van der Waals surface area (Å²) in [5.74, 6) is -0.434. The second-order valence-corrected chi connectivity index (χ2v) is 8.10. The minimum Gasteiger partial charge on any atom is -0.430 e. The van der Waals surface area contributed by atoms with Gasteiger partial charge < -0.3 is 4.74 Å². The minimum absolute atomic E-state index is 0.434. The van der Waals surface area contributed by atoms with E-state index in [1.807, 2.05) is 121 Å². The van der Waals surface area contributed by atoms with E-state index in [0.717, 1.165) is 22.3 Å². The van der Waals surface area contributed by atoms with Gasteiger partial charge in [0.15, 0.2) is 5.60 Å². The highest BCUT2D eigenvalue weighted by atomic mass is 16.6. The molecule has 4 nitrogen and oxygen atoms in total. The Balaban J connectivity index is 1.68. The molecule has 4 aromatic carbocycles. The predicted molar refractivity (Wildman–Crippen MR) is 132 cm³/mol. The summed E-state index contributed by atoms with van der Waals surface area (Å²) < 4.78 is 6.21. The molecule has 1 aliphatic rings. The summed E-state index contributed by atoms with van der Waals surface area (Å²) >= 11 is 0. The first kappa shape index (κ1) is 21.4. The van der Waals surface area contributed by atoms with Gasteiger partial charge in [-0.25, -0.2) is 9.69 Å². The molecule has 4 aromatic rings. The molecule has 2 amide bonds. The van der Waals surface area contributed by atoms with Gasteiger partial charge in [0.25, 0.3) is 5.91 Å². The molecule has 1 saturated heterocycles. The molecule has 5 rings (SSSR count). The summed E-state index contributed by atoms with van der Waals surface area (Å²) in [6.45, 7) is 0. The second-order valence-electron chi connectivity index (χ2n) is 8.10. The van der Waals surface area contributed by atoms with Gasteiger partial charge in [0.05, 0.1) is 0 Å². The van der Waals surface area contributed by atoms with Crippen LogP contribution in [0.15, 0.2) is 127 Å². The van der Waals surface area contributed by atoms with Gasteiger partial charge in [-0.3, -0.25) is 4.79 Å². The lowest BCUT2D eigenvalue weighted by Crippen LogP contribution is -2.39. The van der Waals surface area contributed by atoms with Gasteiger partial charge in [0.1, 0.15) is 6.04 Å². The Morgan fingerprint density at radius 3 is 1.71 bits per heavy atom. The molecule has 0 aliphatic carbocycles. The number of amides is 2. The first-order valence-corrected chi connectivity index (χ1v) is 11.2. The van der Waals surface area contributed by atoms with E-state index < -0.39 is 23.6 Å². The smallest absolute Gasteiger partial charge is 0.418 e. The third-order valence-electron chi connectivity index (χ3n) is 6.06. The normalized spacial score (nSPS) is 17.0. The Morgan fingerprint density at radius 1 is 0.706 bits per heavy atom. The lowest BCUT2D eigenvalue weighted by atomic mass is 9.77. The fourth-order valence-corrected chi connectivity index (χ4v) is 4.55. The number of cyclic esters (lactones) is 1. The van der Waals surface area contributed by atoms with Crippen molar-refractivity contribution in [1.29, 1.82) is 0 Å². The Kier molecular flexibility index (Phi) is 5.79. The summed E-state index contributed by atoms with van der Waals surface area (Å²) in [6, 6.07) is 37.6. The Bertz CT molecular complexity index is 1260. The molecule has 0 spiro atoms. The summed E-state index contributed by atoms with van der Waals surface area (Å²) in [6.07, 6.45) is 2.46. The predicted octanol–water partition coefficient (Wildman–Crippen LogP) is 6.36. The molecule has 1 heterocycles. The zero-order chi connectivity index (χ0) is 23.4. The van der Waals surface area contributed by atoms with Gasteiger partial charge in [-0.05, 0) is 17.2 Å². The van der Waals surface area contributed by atoms with Crippen LogP contribution in [0.1, 0.15) is 28.3 Å². The highest BCUT2D eigenvalue weighted by Crippen LogP contribution is 2.52. The number of imide groups is 1. The Labute approximate surface area is 198 Å². The van der Waals surface area contributed by atoms with Gasteiger partial charge in [0.2, 0.25) is 0 Å². The van der Waals surface area contributed by atoms with Crippen molar-refractivity contribution in [2.75, 3.05) is 0 Å². The number of hydrogen-bond acceptors (Lipinski definition) is 3. The van der Waals surface area contributed by atoms with Gasteiger partial charge >= 0.3 is 6.09 Å². The first-order valence-electron chi connectivity index (χ1n) is 11.2. The molecule has 0 N–H and O–H groups in total. The molecule has 1 fully saturated rings. The highest BCUT2D eigenvalue weighted by Gasteiger charge is 2.58. The number of hydrogen-bond donors (Lipinski definition) is 0. The second kappa shape index (κ2) is 9.20. The van der Waals surface area contributed by atoms with Crippen LogP contribution < -0.4 is 0 Å². The topological polar surface area (TPSA) is 46.6 Å². The van der Waals surface area contributed by atoms with Crippen molar-refractivity contribution in [3.63, 3.8) is 0 Å². The molecule has 1 atom stereocenters. The summed E-state index contributed by atoms with van der Waals surface area (Å²) in [5.41, 5.74) is 2.08. The van der Waals surface area contributed by atoms with Crippen LogP contribution in [0.25, 0.3) is 6.08 Å². The summed E-state index contributed by atoms with van der Waals surface area (Å²) in [7, 11) is 0. The molecular formula is C30H23NO3. The van der Waals surface area contributed by atoms with Crippen LogP contribution in [-0.4, -0.2) is 16.9 Å². The number of carbonyl (C=O) groups is 2. The van der Waals surface area contributed by atoms with E-state index in [1.54, 1.807) is 6.08 Å². The van der Waals surface area contributed by atoms with Crippen molar-refractivity contribution < 1.29 is 14.3 Å². The average molecular weight is 446 g/mol. The maximum atomic E-state index is 13.5. The van der Waals surface area contributed by atoms with Crippen LogP contribution in [-0.2, 0) is 15.1 Å². The van der Waals surface area contributed by atoms with Gasteiger partial charge in [0, 0.05) is 17.2 Å². The first-order chi connectivity index (χ1) is 16.7.